The van der Waals surface area contributed by atoms with Gasteiger partial charge in [0.15, 0.2) is 5.78 Å². The van der Waals surface area contributed by atoms with Gasteiger partial charge in [-0.2, -0.15) is 0 Å². The Kier molecular flexibility index (Phi) is 5.27. The van der Waals surface area contributed by atoms with Gasteiger partial charge in [-0.15, -0.1) is 0 Å². The summed E-state index contributed by atoms with van der Waals surface area (Å²) in [5.74, 6) is 1.68. The normalized spacial score (nSPS) is 19.9. The van der Waals surface area contributed by atoms with E-state index in [2.05, 4.69) is 22.3 Å². The SMILES string of the molecule is O=C1C[C@@H](c2ccco2)CC2=C1[C@@H](c1ccco1)N(Cc1ccc(Cl)cc1)c1ccccc1N2. The van der Waals surface area contributed by atoms with E-state index in [0.717, 1.165) is 39.7 Å². The van der Waals surface area contributed by atoms with E-state index in [1.807, 2.05) is 60.7 Å². The summed E-state index contributed by atoms with van der Waals surface area (Å²) in [4.78, 5) is 16.0. The van der Waals surface area contributed by atoms with E-state index in [0.29, 0.717) is 24.4 Å². The third-order valence-corrected chi connectivity index (χ3v) is 6.87. The molecule has 34 heavy (non-hydrogen) atoms. The third-order valence-electron chi connectivity index (χ3n) is 6.62. The monoisotopic (exact) mass is 470 g/mol. The number of halogens is 1. The number of para-hydroxylation sites is 2. The molecule has 0 bridgehead atoms. The molecule has 2 atom stereocenters. The number of anilines is 2. The maximum Gasteiger partial charge on any atom is 0.163 e. The lowest BCUT2D eigenvalue weighted by Crippen LogP contribution is -2.33. The summed E-state index contributed by atoms with van der Waals surface area (Å²) >= 11 is 6.14. The van der Waals surface area contributed by atoms with Crippen molar-refractivity contribution < 1.29 is 13.6 Å². The Morgan fingerprint density at radius 2 is 1.62 bits per heavy atom. The van der Waals surface area contributed by atoms with E-state index in [-0.39, 0.29) is 17.7 Å². The molecule has 0 amide bonds. The zero-order valence-electron chi connectivity index (χ0n) is 18.4. The Bertz CT molecular complexity index is 1340. The first-order valence-electron chi connectivity index (χ1n) is 11.4. The molecule has 3 heterocycles. The van der Waals surface area contributed by atoms with E-state index in [9.17, 15) is 4.79 Å². The molecule has 1 aliphatic heterocycles. The van der Waals surface area contributed by atoms with Crippen molar-refractivity contribution in [2.45, 2.75) is 31.3 Å². The van der Waals surface area contributed by atoms with Gasteiger partial charge in [0, 0.05) is 35.2 Å². The van der Waals surface area contributed by atoms with Crippen molar-refractivity contribution in [3.63, 3.8) is 0 Å². The molecule has 2 aliphatic rings. The van der Waals surface area contributed by atoms with Crippen LogP contribution in [0.2, 0.25) is 5.02 Å². The van der Waals surface area contributed by atoms with Crippen molar-refractivity contribution >= 4 is 28.8 Å². The van der Waals surface area contributed by atoms with Crippen molar-refractivity contribution in [1.82, 2.24) is 0 Å². The lowest BCUT2D eigenvalue weighted by Gasteiger charge is -2.34. The maximum atomic E-state index is 13.8. The van der Waals surface area contributed by atoms with Crippen molar-refractivity contribution in [2.24, 2.45) is 0 Å². The number of furan rings is 2. The number of carbonyl (C=O) groups is 1. The number of hydrogen-bond acceptors (Lipinski definition) is 5. The lowest BCUT2D eigenvalue weighted by molar-refractivity contribution is -0.116. The topological polar surface area (TPSA) is 58.6 Å². The van der Waals surface area contributed by atoms with E-state index in [1.54, 1.807) is 12.5 Å². The number of rotatable bonds is 4. The number of fused-ring (bicyclic) bond motifs is 1. The van der Waals surface area contributed by atoms with Crippen LogP contribution >= 0.6 is 11.6 Å². The van der Waals surface area contributed by atoms with Crippen molar-refractivity contribution in [2.75, 3.05) is 10.2 Å². The van der Waals surface area contributed by atoms with Gasteiger partial charge in [0.2, 0.25) is 0 Å². The van der Waals surface area contributed by atoms with Gasteiger partial charge in [0.25, 0.3) is 0 Å². The number of Topliss-reactive ketones (excluding diaryl/α,β-unsaturated/α-hetero) is 1. The smallest absolute Gasteiger partial charge is 0.163 e. The second-order valence-corrected chi connectivity index (χ2v) is 9.19. The molecule has 0 spiro atoms. The maximum absolute atomic E-state index is 13.8. The highest BCUT2D eigenvalue weighted by molar-refractivity contribution is 6.30. The van der Waals surface area contributed by atoms with Gasteiger partial charge in [-0.1, -0.05) is 35.9 Å². The van der Waals surface area contributed by atoms with Gasteiger partial charge < -0.3 is 19.1 Å². The number of nitrogens with one attached hydrogen (secondary N) is 1. The summed E-state index contributed by atoms with van der Waals surface area (Å²) in [6, 6.07) is 23.3. The van der Waals surface area contributed by atoms with Gasteiger partial charge in [0.1, 0.15) is 17.6 Å². The van der Waals surface area contributed by atoms with Gasteiger partial charge >= 0.3 is 0 Å². The quantitative estimate of drug-likeness (QED) is 0.344. The molecule has 0 saturated heterocycles. The number of hydrogen-bond donors (Lipinski definition) is 1. The fourth-order valence-electron chi connectivity index (χ4n) is 5.08. The largest absolute Gasteiger partial charge is 0.469 e. The molecule has 170 valence electrons. The number of allylic oxidation sites excluding steroid dienone is 1. The average molecular weight is 471 g/mol. The summed E-state index contributed by atoms with van der Waals surface area (Å²) in [6.07, 6.45) is 4.42. The van der Waals surface area contributed by atoms with Crippen LogP contribution < -0.4 is 10.2 Å². The summed E-state index contributed by atoms with van der Waals surface area (Å²) < 4.78 is 11.6. The highest BCUT2D eigenvalue weighted by atomic mass is 35.5. The van der Waals surface area contributed by atoms with Gasteiger partial charge in [-0.05, 0) is 60.5 Å². The minimum absolute atomic E-state index is 0.000906. The molecular weight excluding hydrogens is 448 g/mol. The van der Waals surface area contributed by atoms with E-state index >= 15 is 0 Å². The molecule has 2 aromatic carbocycles. The molecule has 2 aromatic heterocycles. The van der Waals surface area contributed by atoms with E-state index in [1.165, 1.54) is 0 Å². The zero-order valence-corrected chi connectivity index (χ0v) is 19.2. The second-order valence-electron chi connectivity index (χ2n) is 8.75. The Labute approximate surface area is 202 Å². The van der Waals surface area contributed by atoms with E-state index in [4.69, 9.17) is 20.4 Å². The lowest BCUT2D eigenvalue weighted by atomic mass is 9.81. The van der Waals surface area contributed by atoms with Crippen LogP contribution in [0.5, 0.6) is 0 Å². The van der Waals surface area contributed by atoms with Crippen molar-refractivity contribution in [3.8, 4) is 0 Å². The number of benzene rings is 2. The number of nitrogens with zero attached hydrogens (tertiary/aromatic N) is 1. The number of carbonyl (C=O) groups excluding carboxylic acids is 1. The molecule has 0 unspecified atom stereocenters. The molecule has 5 nitrogen and oxygen atoms in total. The average Bonchev–Trinajstić information content (AvgIpc) is 3.55. The Balaban J connectivity index is 1.51. The predicted octanol–water partition coefficient (Wildman–Crippen LogP) is 7.10. The summed E-state index contributed by atoms with van der Waals surface area (Å²) in [5.41, 5.74) is 4.74. The van der Waals surface area contributed by atoms with Crippen LogP contribution in [0.3, 0.4) is 0 Å². The predicted molar refractivity (Wildman–Crippen MR) is 132 cm³/mol. The molecule has 6 rings (SSSR count). The summed E-state index contributed by atoms with van der Waals surface area (Å²) in [5, 5.41) is 4.31. The van der Waals surface area contributed by atoms with Crippen LogP contribution in [-0.4, -0.2) is 5.78 Å². The van der Waals surface area contributed by atoms with Crippen LogP contribution in [0.1, 0.15) is 41.9 Å². The molecule has 0 radical (unpaired) electrons. The molecule has 6 heteroatoms. The standard InChI is InChI=1S/C28H23ClN2O3/c29-20-11-9-18(10-12-20)17-31-23-6-2-1-5-21(23)30-22-15-19(25-7-3-13-33-25)16-24(32)27(22)28(31)26-8-4-14-34-26/h1-14,19,28,30H,15-17H2/t19-,28+/m0/s1. The Hall–Kier alpha value is -3.70. The van der Waals surface area contributed by atoms with Crippen molar-refractivity contribution in [3.05, 3.63) is 119 Å². The fraction of sp³-hybridized carbons (Fsp3) is 0.179. The van der Waals surface area contributed by atoms with E-state index < -0.39 is 0 Å². The molecule has 0 saturated carbocycles. The van der Waals surface area contributed by atoms with Gasteiger partial charge in [0.05, 0.1) is 23.9 Å². The molecular formula is C28H23ClN2O3. The van der Waals surface area contributed by atoms with Gasteiger partial charge in [-0.3, -0.25) is 4.79 Å². The highest BCUT2D eigenvalue weighted by Gasteiger charge is 2.41. The first-order chi connectivity index (χ1) is 16.7. The zero-order chi connectivity index (χ0) is 23.1. The highest BCUT2D eigenvalue weighted by Crippen LogP contribution is 2.47. The van der Waals surface area contributed by atoms with Crippen LogP contribution in [-0.2, 0) is 11.3 Å². The van der Waals surface area contributed by atoms with Gasteiger partial charge in [-0.25, -0.2) is 0 Å². The molecule has 0 fully saturated rings. The van der Waals surface area contributed by atoms with Crippen LogP contribution in [0, 0.1) is 0 Å². The number of ketones is 1. The third kappa shape index (κ3) is 3.72. The van der Waals surface area contributed by atoms with Crippen LogP contribution in [0.4, 0.5) is 11.4 Å². The fourth-order valence-corrected chi connectivity index (χ4v) is 5.21. The first-order valence-corrected chi connectivity index (χ1v) is 11.8. The van der Waals surface area contributed by atoms with Crippen molar-refractivity contribution in [1.29, 1.82) is 0 Å². The molecule has 1 aliphatic carbocycles. The minimum atomic E-state index is -0.359. The van der Waals surface area contributed by atoms with Crippen LogP contribution in [0.25, 0.3) is 0 Å². The summed E-state index contributed by atoms with van der Waals surface area (Å²) in [7, 11) is 0. The van der Waals surface area contributed by atoms with Crippen LogP contribution in [0.15, 0.2) is 105 Å². The summed E-state index contributed by atoms with van der Waals surface area (Å²) in [6.45, 7) is 0.590. The first kappa shape index (κ1) is 20.9. The molecule has 4 aromatic rings. The second kappa shape index (κ2) is 8.58. The Morgan fingerprint density at radius 3 is 2.35 bits per heavy atom. The minimum Gasteiger partial charge on any atom is -0.469 e. The molecule has 1 N–H and O–H groups in total. The Morgan fingerprint density at radius 1 is 0.882 bits per heavy atom.